The van der Waals surface area contributed by atoms with Gasteiger partial charge in [-0.15, -0.1) is 0 Å². The first-order valence-corrected chi connectivity index (χ1v) is 4.69. The van der Waals surface area contributed by atoms with Crippen molar-refractivity contribution in [3.8, 4) is 11.5 Å². The van der Waals surface area contributed by atoms with E-state index in [1.807, 2.05) is 0 Å². The van der Waals surface area contributed by atoms with Crippen LogP contribution in [-0.4, -0.2) is 29.1 Å². The predicted octanol–water partition coefficient (Wildman–Crippen LogP) is 1.23. The zero-order valence-electron chi connectivity index (χ0n) is 8.98. The standard InChI is InChI=1S/C11H12O5/c1-3-6-4-5-7(16-2)9(12)8(6)10(13)11(14)15/h4-5,12H,3H2,1-2H3,(H,14,15). The maximum atomic E-state index is 11.4. The van der Waals surface area contributed by atoms with E-state index in [2.05, 4.69) is 0 Å². The minimum Gasteiger partial charge on any atom is -0.504 e. The molecule has 5 nitrogen and oxygen atoms in total. The molecular formula is C11H12O5. The largest absolute Gasteiger partial charge is 0.504 e. The smallest absolute Gasteiger partial charge is 0.377 e. The Hall–Kier alpha value is -2.04. The lowest BCUT2D eigenvalue weighted by molar-refractivity contribution is -0.131. The van der Waals surface area contributed by atoms with E-state index >= 15 is 0 Å². The lowest BCUT2D eigenvalue weighted by atomic mass is 10.00. The molecule has 86 valence electrons. The number of aromatic hydroxyl groups is 1. The third-order valence-corrected chi connectivity index (χ3v) is 2.25. The van der Waals surface area contributed by atoms with Crippen molar-refractivity contribution in [3.63, 3.8) is 0 Å². The van der Waals surface area contributed by atoms with Crippen LogP contribution < -0.4 is 4.74 Å². The lowest BCUT2D eigenvalue weighted by Crippen LogP contribution is -2.15. The number of benzene rings is 1. The number of ether oxygens (including phenoxy) is 1. The van der Waals surface area contributed by atoms with Gasteiger partial charge < -0.3 is 14.9 Å². The molecule has 0 aliphatic heterocycles. The highest BCUT2D eigenvalue weighted by atomic mass is 16.5. The van der Waals surface area contributed by atoms with Gasteiger partial charge in [0.15, 0.2) is 11.5 Å². The molecule has 16 heavy (non-hydrogen) atoms. The van der Waals surface area contributed by atoms with E-state index in [1.54, 1.807) is 13.0 Å². The van der Waals surface area contributed by atoms with Crippen LogP contribution in [0.25, 0.3) is 0 Å². The van der Waals surface area contributed by atoms with Gasteiger partial charge in [0.2, 0.25) is 0 Å². The Morgan fingerprint density at radius 1 is 1.38 bits per heavy atom. The fourth-order valence-corrected chi connectivity index (χ4v) is 1.43. The molecule has 2 N–H and O–H groups in total. The quantitative estimate of drug-likeness (QED) is 0.593. The van der Waals surface area contributed by atoms with Crippen molar-refractivity contribution in [2.45, 2.75) is 13.3 Å². The lowest BCUT2D eigenvalue weighted by Gasteiger charge is -2.10. The number of aryl methyl sites for hydroxylation is 1. The van der Waals surface area contributed by atoms with Gasteiger partial charge >= 0.3 is 5.97 Å². The molecule has 5 heteroatoms. The molecule has 1 aromatic rings. The first-order valence-electron chi connectivity index (χ1n) is 4.69. The van der Waals surface area contributed by atoms with Crippen LogP contribution in [0.4, 0.5) is 0 Å². The summed E-state index contributed by atoms with van der Waals surface area (Å²) in [7, 11) is 1.33. The number of hydrogen-bond donors (Lipinski definition) is 2. The van der Waals surface area contributed by atoms with Gasteiger partial charge in [-0.05, 0) is 18.1 Å². The Kier molecular flexibility index (Phi) is 3.50. The zero-order valence-corrected chi connectivity index (χ0v) is 8.98. The van der Waals surface area contributed by atoms with Crippen LogP contribution in [0.3, 0.4) is 0 Å². The van der Waals surface area contributed by atoms with Crippen LogP contribution in [0.5, 0.6) is 11.5 Å². The molecule has 0 saturated heterocycles. The van der Waals surface area contributed by atoms with Crippen molar-refractivity contribution in [2.24, 2.45) is 0 Å². The fourth-order valence-electron chi connectivity index (χ4n) is 1.43. The zero-order chi connectivity index (χ0) is 12.3. The van der Waals surface area contributed by atoms with Gasteiger partial charge in [-0.1, -0.05) is 13.0 Å². The summed E-state index contributed by atoms with van der Waals surface area (Å²) in [5, 5.41) is 18.4. The molecule has 0 atom stereocenters. The molecule has 0 amide bonds. The summed E-state index contributed by atoms with van der Waals surface area (Å²) >= 11 is 0. The Balaban J connectivity index is 3.43. The monoisotopic (exact) mass is 224 g/mol. The van der Waals surface area contributed by atoms with E-state index in [0.717, 1.165) is 0 Å². The second-order valence-electron chi connectivity index (χ2n) is 3.14. The topological polar surface area (TPSA) is 83.8 Å². The van der Waals surface area contributed by atoms with Crippen LogP contribution in [0.15, 0.2) is 12.1 Å². The maximum Gasteiger partial charge on any atom is 0.377 e. The van der Waals surface area contributed by atoms with Crippen molar-refractivity contribution in [1.82, 2.24) is 0 Å². The minimum atomic E-state index is -1.60. The summed E-state index contributed by atoms with van der Waals surface area (Å²) in [5.74, 6) is -3.07. The highest BCUT2D eigenvalue weighted by Crippen LogP contribution is 2.32. The molecule has 0 radical (unpaired) electrons. The molecule has 0 bridgehead atoms. The number of carboxylic acids is 1. The summed E-state index contributed by atoms with van der Waals surface area (Å²) < 4.78 is 4.82. The number of carboxylic acid groups (broad SMARTS) is 1. The predicted molar refractivity (Wildman–Crippen MR) is 56.0 cm³/mol. The third-order valence-electron chi connectivity index (χ3n) is 2.25. The Morgan fingerprint density at radius 2 is 2.00 bits per heavy atom. The van der Waals surface area contributed by atoms with Crippen LogP contribution in [-0.2, 0) is 11.2 Å². The van der Waals surface area contributed by atoms with E-state index in [4.69, 9.17) is 9.84 Å². The number of phenolic OH excluding ortho intramolecular Hbond substituents is 1. The van der Waals surface area contributed by atoms with Crippen molar-refractivity contribution in [1.29, 1.82) is 0 Å². The Labute approximate surface area is 92.3 Å². The average molecular weight is 224 g/mol. The molecule has 0 aliphatic rings. The third kappa shape index (κ3) is 1.98. The molecule has 0 saturated carbocycles. The molecule has 0 heterocycles. The fraction of sp³-hybridized carbons (Fsp3) is 0.273. The Morgan fingerprint density at radius 3 is 2.44 bits per heavy atom. The normalized spacial score (nSPS) is 9.88. The van der Waals surface area contributed by atoms with Crippen molar-refractivity contribution >= 4 is 11.8 Å². The number of aliphatic carboxylic acids is 1. The second kappa shape index (κ2) is 4.65. The number of carbonyl (C=O) groups excluding carboxylic acids is 1. The number of methoxy groups -OCH3 is 1. The summed E-state index contributed by atoms with van der Waals surface area (Å²) in [6.45, 7) is 1.76. The summed E-state index contributed by atoms with van der Waals surface area (Å²) in [5.41, 5.74) is 0.278. The van der Waals surface area contributed by atoms with Gasteiger partial charge in [0.1, 0.15) is 0 Å². The molecule has 1 aromatic carbocycles. The summed E-state index contributed by atoms with van der Waals surface area (Å²) in [6.07, 6.45) is 0.450. The van der Waals surface area contributed by atoms with Gasteiger partial charge in [-0.2, -0.15) is 0 Å². The molecule has 0 aliphatic carbocycles. The van der Waals surface area contributed by atoms with E-state index in [9.17, 15) is 14.7 Å². The molecular weight excluding hydrogens is 212 g/mol. The molecule has 0 aromatic heterocycles. The SMILES string of the molecule is CCc1ccc(OC)c(O)c1C(=O)C(=O)O. The van der Waals surface area contributed by atoms with E-state index < -0.39 is 17.5 Å². The van der Waals surface area contributed by atoms with Gasteiger partial charge in [-0.25, -0.2) is 4.79 Å². The maximum absolute atomic E-state index is 11.4. The number of Topliss-reactive ketones (excluding diaryl/α,β-unsaturated/α-hetero) is 1. The molecule has 0 unspecified atom stereocenters. The first-order chi connectivity index (χ1) is 7.52. The van der Waals surface area contributed by atoms with Crippen molar-refractivity contribution < 1.29 is 24.5 Å². The van der Waals surface area contributed by atoms with E-state index in [-0.39, 0.29) is 11.3 Å². The van der Waals surface area contributed by atoms with Crippen molar-refractivity contribution in [2.75, 3.05) is 7.11 Å². The molecule has 0 fully saturated rings. The summed E-state index contributed by atoms with van der Waals surface area (Å²) in [6, 6.07) is 3.06. The first kappa shape index (κ1) is 12.0. The number of phenols is 1. The summed E-state index contributed by atoms with van der Waals surface area (Å²) in [4.78, 5) is 22.0. The number of rotatable bonds is 4. The Bertz CT molecular complexity index is 436. The van der Waals surface area contributed by atoms with Crippen LogP contribution in [0.1, 0.15) is 22.8 Å². The highest BCUT2D eigenvalue weighted by Gasteiger charge is 2.24. The highest BCUT2D eigenvalue weighted by molar-refractivity contribution is 6.41. The van der Waals surface area contributed by atoms with E-state index in [0.29, 0.717) is 12.0 Å². The van der Waals surface area contributed by atoms with Crippen LogP contribution in [0, 0.1) is 0 Å². The van der Waals surface area contributed by atoms with E-state index in [1.165, 1.54) is 13.2 Å². The number of hydrogen-bond acceptors (Lipinski definition) is 4. The molecule has 0 spiro atoms. The van der Waals surface area contributed by atoms with Gasteiger partial charge in [-0.3, -0.25) is 4.79 Å². The van der Waals surface area contributed by atoms with Crippen LogP contribution in [0.2, 0.25) is 0 Å². The number of carbonyl (C=O) groups is 2. The average Bonchev–Trinajstić information content (AvgIpc) is 2.27. The molecule has 1 rings (SSSR count). The van der Waals surface area contributed by atoms with Gasteiger partial charge in [0, 0.05) is 0 Å². The second-order valence-corrected chi connectivity index (χ2v) is 3.14. The minimum absolute atomic E-state index is 0.0850. The number of ketones is 1. The van der Waals surface area contributed by atoms with Crippen molar-refractivity contribution in [3.05, 3.63) is 23.3 Å². The van der Waals surface area contributed by atoms with Gasteiger partial charge in [0.05, 0.1) is 12.7 Å². The van der Waals surface area contributed by atoms with Crippen LogP contribution >= 0.6 is 0 Å². The van der Waals surface area contributed by atoms with Gasteiger partial charge in [0.25, 0.3) is 5.78 Å².